The van der Waals surface area contributed by atoms with Crippen LogP contribution in [0.3, 0.4) is 0 Å². The maximum Gasteiger partial charge on any atom is 0.237 e. The number of nitrogens with one attached hydrogen (secondary N) is 1. The van der Waals surface area contributed by atoms with Gasteiger partial charge in [-0.3, -0.25) is 4.79 Å². The van der Waals surface area contributed by atoms with Crippen LogP contribution in [0.4, 0.5) is 0 Å². The van der Waals surface area contributed by atoms with Crippen molar-refractivity contribution in [3.05, 3.63) is 0 Å². The van der Waals surface area contributed by atoms with Crippen LogP contribution in [0.5, 0.6) is 0 Å². The van der Waals surface area contributed by atoms with Crippen molar-refractivity contribution in [2.75, 3.05) is 18.6 Å². The lowest BCUT2D eigenvalue weighted by molar-refractivity contribution is -0.123. The number of hydrogen-bond donors (Lipinski definition) is 3. The predicted octanol–water partition coefficient (Wildman–Crippen LogP) is 0.734. The Balaban J connectivity index is 3.96. The molecule has 0 aliphatic rings. The van der Waals surface area contributed by atoms with Gasteiger partial charge in [0.15, 0.2) is 0 Å². The molecule has 0 aromatic heterocycles. The molecule has 0 aliphatic heterocycles. The second-order valence-corrected chi connectivity index (χ2v) is 5.02. The number of amides is 1. The zero-order chi connectivity index (χ0) is 12.6. The van der Waals surface area contributed by atoms with Gasteiger partial charge in [-0.2, -0.15) is 11.8 Å². The Labute approximate surface area is 102 Å². The molecule has 0 aliphatic carbocycles. The molecule has 4 N–H and O–H groups in total. The van der Waals surface area contributed by atoms with Crippen LogP contribution in [0, 0.1) is 0 Å². The standard InChI is InChI=1S/C11H24N2O2S/c1-4-11(15,5-2)8-13-10(14)9(12)6-7-16-3/h9,15H,4-8,12H2,1-3H3,(H,13,14)/t9-/m1/s1. The van der Waals surface area contributed by atoms with Gasteiger partial charge < -0.3 is 16.2 Å². The molecule has 0 aromatic carbocycles. The second-order valence-electron chi connectivity index (χ2n) is 4.04. The molecule has 0 saturated carbocycles. The zero-order valence-electron chi connectivity index (χ0n) is 10.5. The summed E-state index contributed by atoms with van der Waals surface area (Å²) in [6, 6.07) is -0.467. The van der Waals surface area contributed by atoms with Crippen molar-refractivity contribution >= 4 is 17.7 Å². The molecule has 0 bridgehead atoms. The number of thioether (sulfide) groups is 1. The Morgan fingerprint density at radius 1 is 1.50 bits per heavy atom. The van der Waals surface area contributed by atoms with Gasteiger partial charge in [0, 0.05) is 6.54 Å². The summed E-state index contributed by atoms with van der Waals surface area (Å²) in [5.74, 6) is 0.704. The molecular weight excluding hydrogens is 224 g/mol. The van der Waals surface area contributed by atoms with Gasteiger partial charge in [0.1, 0.15) is 0 Å². The molecule has 0 unspecified atom stereocenters. The van der Waals surface area contributed by atoms with E-state index >= 15 is 0 Å². The number of hydrogen-bond acceptors (Lipinski definition) is 4. The van der Waals surface area contributed by atoms with Crippen molar-refractivity contribution in [2.24, 2.45) is 5.73 Å². The molecular formula is C11H24N2O2S. The molecule has 0 heterocycles. The maximum absolute atomic E-state index is 11.6. The summed E-state index contributed by atoms with van der Waals surface area (Å²) in [5.41, 5.74) is 4.91. The molecule has 0 fully saturated rings. The van der Waals surface area contributed by atoms with Gasteiger partial charge in [-0.15, -0.1) is 0 Å². The van der Waals surface area contributed by atoms with Gasteiger partial charge in [-0.1, -0.05) is 13.8 Å². The van der Waals surface area contributed by atoms with Crippen molar-refractivity contribution in [3.63, 3.8) is 0 Å². The molecule has 96 valence electrons. The van der Waals surface area contributed by atoms with Crippen molar-refractivity contribution in [1.82, 2.24) is 5.32 Å². The number of carbonyl (C=O) groups is 1. The van der Waals surface area contributed by atoms with E-state index in [1.165, 1.54) is 0 Å². The van der Waals surface area contributed by atoms with E-state index in [9.17, 15) is 9.90 Å². The van der Waals surface area contributed by atoms with E-state index in [2.05, 4.69) is 5.32 Å². The van der Waals surface area contributed by atoms with Gasteiger partial charge in [0.2, 0.25) is 5.91 Å². The van der Waals surface area contributed by atoms with Gasteiger partial charge in [-0.05, 0) is 31.3 Å². The van der Waals surface area contributed by atoms with Gasteiger partial charge in [-0.25, -0.2) is 0 Å². The Morgan fingerprint density at radius 2 is 2.06 bits per heavy atom. The fourth-order valence-electron chi connectivity index (χ4n) is 1.26. The summed E-state index contributed by atoms with van der Waals surface area (Å²) in [4.78, 5) is 11.6. The van der Waals surface area contributed by atoms with Crippen molar-refractivity contribution in [3.8, 4) is 0 Å². The van der Waals surface area contributed by atoms with E-state index in [1.807, 2.05) is 20.1 Å². The summed E-state index contributed by atoms with van der Waals surface area (Å²) in [6.07, 6.45) is 3.91. The van der Waals surface area contributed by atoms with E-state index < -0.39 is 11.6 Å². The monoisotopic (exact) mass is 248 g/mol. The van der Waals surface area contributed by atoms with Crippen LogP contribution in [-0.4, -0.2) is 41.2 Å². The van der Waals surface area contributed by atoms with E-state index in [4.69, 9.17) is 5.73 Å². The summed E-state index contributed by atoms with van der Waals surface area (Å²) < 4.78 is 0. The lowest BCUT2D eigenvalue weighted by Gasteiger charge is -2.26. The van der Waals surface area contributed by atoms with E-state index in [0.717, 1.165) is 5.75 Å². The summed E-state index contributed by atoms with van der Waals surface area (Å²) in [6.45, 7) is 4.10. The van der Waals surface area contributed by atoms with Crippen LogP contribution in [0.15, 0.2) is 0 Å². The molecule has 0 radical (unpaired) electrons. The highest BCUT2D eigenvalue weighted by Crippen LogP contribution is 2.12. The largest absolute Gasteiger partial charge is 0.388 e. The molecule has 0 rings (SSSR count). The first-order chi connectivity index (χ1) is 7.49. The van der Waals surface area contributed by atoms with E-state index in [-0.39, 0.29) is 12.5 Å². The normalized spacial score (nSPS) is 13.6. The molecule has 5 heteroatoms. The van der Waals surface area contributed by atoms with Crippen LogP contribution in [0.25, 0.3) is 0 Å². The molecule has 0 aromatic rings. The smallest absolute Gasteiger partial charge is 0.237 e. The average molecular weight is 248 g/mol. The highest BCUT2D eigenvalue weighted by Gasteiger charge is 2.24. The number of nitrogens with two attached hydrogens (primary N) is 1. The van der Waals surface area contributed by atoms with Crippen molar-refractivity contribution in [1.29, 1.82) is 0 Å². The van der Waals surface area contributed by atoms with Crippen LogP contribution in [0.2, 0.25) is 0 Å². The minimum atomic E-state index is -0.797. The molecule has 1 amide bonds. The Bertz CT molecular complexity index is 208. The molecule has 0 spiro atoms. The highest BCUT2D eigenvalue weighted by molar-refractivity contribution is 7.98. The van der Waals surface area contributed by atoms with E-state index in [0.29, 0.717) is 19.3 Å². The predicted molar refractivity (Wildman–Crippen MR) is 69.5 cm³/mol. The lowest BCUT2D eigenvalue weighted by Crippen LogP contribution is -2.48. The second kappa shape index (κ2) is 7.92. The van der Waals surface area contributed by atoms with Gasteiger partial charge in [0.05, 0.1) is 11.6 Å². The van der Waals surface area contributed by atoms with Crippen molar-refractivity contribution < 1.29 is 9.90 Å². The molecule has 4 nitrogen and oxygen atoms in total. The number of carbonyl (C=O) groups excluding carboxylic acids is 1. The Hall–Kier alpha value is -0.260. The minimum Gasteiger partial charge on any atom is -0.388 e. The Kier molecular flexibility index (Phi) is 7.80. The molecule has 0 saturated heterocycles. The third-order valence-corrected chi connectivity index (χ3v) is 3.52. The SMILES string of the molecule is CCC(O)(CC)CNC(=O)[C@H](N)CCSC. The first-order valence-electron chi connectivity index (χ1n) is 5.73. The van der Waals surface area contributed by atoms with Gasteiger partial charge >= 0.3 is 0 Å². The number of rotatable bonds is 8. The first-order valence-corrected chi connectivity index (χ1v) is 7.13. The number of aliphatic hydroxyl groups is 1. The van der Waals surface area contributed by atoms with Crippen LogP contribution < -0.4 is 11.1 Å². The average Bonchev–Trinajstić information content (AvgIpc) is 2.32. The lowest BCUT2D eigenvalue weighted by atomic mass is 9.97. The summed E-state index contributed by atoms with van der Waals surface area (Å²) in [5, 5.41) is 12.7. The quantitative estimate of drug-likeness (QED) is 0.592. The molecule has 16 heavy (non-hydrogen) atoms. The van der Waals surface area contributed by atoms with Gasteiger partial charge in [0.25, 0.3) is 0 Å². The van der Waals surface area contributed by atoms with Crippen LogP contribution in [0.1, 0.15) is 33.1 Å². The minimum absolute atomic E-state index is 0.172. The topological polar surface area (TPSA) is 75.3 Å². The molecule has 1 atom stereocenters. The van der Waals surface area contributed by atoms with Crippen molar-refractivity contribution in [2.45, 2.75) is 44.8 Å². The first kappa shape index (κ1) is 15.7. The fourth-order valence-corrected chi connectivity index (χ4v) is 1.75. The van der Waals surface area contributed by atoms with Crippen LogP contribution >= 0.6 is 11.8 Å². The third-order valence-electron chi connectivity index (χ3n) is 2.88. The summed E-state index contributed by atoms with van der Waals surface area (Å²) in [7, 11) is 0. The highest BCUT2D eigenvalue weighted by atomic mass is 32.2. The summed E-state index contributed by atoms with van der Waals surface area (Å²) >= 11 is 1.67. The van der Waals surface area contributed by atoms with E-state index in [1.54, 1.807) is 11.8 Å². The van der Waals surface area contributed by atoms with Crippen LogP contribution in [-0.2, 0) is 4.79 Å². The third kappa shape index (κ3) is 5.72. The fraction of sp³-hybridized carbons (Fsp3) is 0.909. The zero-order valence-corrected chi connectivity index (χ0v) is 11.3. The maximum atomic E-state index is 11.6. The Morgan fingerprint density at radius 3 is 2.50 bits per heavy atom.